The lowest BCUT2D eigenvalue weighted by molar-refractivity contribution is 0.141. The molecule has 2 atom stereocenters. The molecule has 0 fully saturated rings. The van der Waals surface area contributed by atoms with Gasteiger partial charge in [0.2, 0.25) is 6.67 Å². The first-order valence-corrected chi connectivity index (χ1v) is 9.68. The summed E-state index contributed by atoms with van der Waals surface area (Å²) in [5.74, 6) is 0. The van der Waals surface area contributed by atoms with Crippen LogP contribution in [0.2, 0.25) is 0 Å². The van der Waals surface area contributed by atoms with E-state index in [0.717, 1.165) is 0 Å². The lowest BCUT2D eigenvalue weighted by atomic mass is 9.80. The van der Waals surface area contributed by atoms with Gasteiger partial charge in [-0.15, -0.1) is 9.24 Å². The van der Waals surface area contributed by atoms with E-state index in [0.29, 0.717) is 0 Å². The first kappa shape index (κ1) is 19.0. The molecule has 3 heteroatoms. The molecule has 136 valence electrons. The molecule has 3 rings (SSSR count). The fourth-order valence-electron chi connectivity index (χ4n) is 3.82. The Morgan fingerprint density at radius 1 is 0.885 bits per heavy atom. The summed E-state index contributed by atoms with van der Waals surface area (Å²) < 4.78 is 0. The van der Waals surface area contributed by atoms with Crippen LogP contribution >= 0.6 is 9.24 Å². The van der Waals surface area contributed by atoms with Crippen molar-refractivity contribution in [3.05, 3.63) is 83.8 Å². The van der Waals surface area contributed by atoms with Crippen LogP contribution in [0.4, 0.5) is 5.69 Å². The van der Waals surface area contributed by atoms with Crippen LogP contribution in [0.15, 0.2) is 54.9 Å². The monoisotopic (exact) mass is 364 g/mol. The van der Waals surface area contributed by atoms with Crippen LogP contribution in [0, 0.1) is 32.9 Å². The van der Waals surface area contributed by atoms with Crippen molar-refractivity contribution >= 4 is 14.9 Å². The highest BCUT2D eigenvalue weighted by atomic mass is 31.0. The molecule has 2 aromatic carbocycles. The molecule has 0 aliphatic carbocycles. The lowest BCUT2D eigenvalue weighted by Crippen LogP contribution is -2.46. The Kier molecular flexibility index (Phi) is 4.92. The Morgan fingerprint density at radius 2 is 1.46 bits per heavy atom. The minimum absolute atomic E-state index is 0.0102. The molecular formula is C23H29N2P. The van der Waals surface area contributed by atoms with Gasteiger partial charge in [-0.25, -0.2) is 0 Å². The van der Waals surface area contributed by atoms with Gasteiger partial charge in [0.1, 0.15) is 0 Å². The molecule has 2 nitrogen and oxygen atoms in total. The summed E-state index contributed by atoms with van der Waals surface area (Å²) in [6, 6.07) is 15.1. The van der Waals surface area contributed by atoms with Crippen molar-refractivity contribution in [3.8, 4) is 0 Å². The normalized spacial score (nSPS) is 16.9. The Labute approximate surface area is 161 Å². The fraction of sp³-hybridized carbons (Fsp3) is 0.348. The number of anilines is 1. The van der Waals surface area contributed by atoms with E-state index in [1.54, 1.807) is 0 Å². The number of aryl methyl sites for hydroxylation is 3. The highest BCUT2D eigenvalue weighted by Gasteiger charge is 2.45. The van der Waals surface area contributed by atoms with Gasteiger partial charge in [0, 0.05) is 18.1 Å². The molecule has 0 bridgehead atoms. The third-order valence-electron chi connectivity index (χ3n) is 5.19. The summed E-state index contributed by atoms with van der Waals surface area (Å²) in [4.78, 5) is 4.32. The molecule has 0 amide bonds. The molecule has 0 saturated carbocycles. The Hall–Kier alpha value is -1.79. The molecule has 1 unspecified atom stereocenters. The molecule has 0 saturated heterocycles. The summed E-state index contributed by atoms with van der Waals surface area (Å²) in [6.45, 7) is 16.9. The van der Waals surface area contributed by atoms with E-state index in [2.05, 4.69) is 122 Å². The Morgan fingerprint density at radius 3 is 2.00 bits per heavy atom. The van der Waals surface area contributed by atoms with Crippen LogP contribution in [-0.4, -0.2) is 4.90 Å². The van der Waals surface area contributed by atoms with Gasteiger partial charge in [0.25, 0.3) is 0 Å². The summed E-state index contributed by atoms with van der Waals surface area (Å²) in [5.41, 5.74) is 6.29. The van der Waals surface area contributed by atoms with Gasteiger partial charge in [-0.1, -0.05) is 68.8 Å². The predicted molar refractivity (Wildman–Crippen MR) is 115 cm³/mol. The van der Waals surface area contributed by atoms with E-state index >= 15 is 0 Å². The molecule has 1 aliphatic heterocycles. The highest BCUT2D eigenvalue weighted by Crippen LogP contribution is 2.52. The summed E-state index contributed by atoms with van der Waals surface area (Å²) in [6.07, 6.45) is 4.24. The van der Waals surface area contributed by atoms with Gasteiger partial charge in [-0.2, -0.15) is 0 Å². The fourth-order valence-corrected chi connectivity index (χ4v) is 4.15. The first-order chi connectivity index (χ1) is 12.1. The standard InChI is InChI=1S/C23H29N2P/c1-17-14-18(2)21(19(3)15-17)24-12-13-25(16-24)23(26,22(4,5)6)20-10-8-7-9-11-20/h7-15H,26H2,1-6H3/t23-/m0/s1. The second kappa shape index (κ2) is 6.74. The maximum absolute atomic E-state index is 3.59. The zero-order valence-corrected chi connectivity index (χ0v) is 17.8. The minimum atomic E-state index is -0.286. The van der Waals surface area contributed by atoms with Crippen molar-refractivity contribution in [3.63, 3.8) is 0 Å². The van der Waals surface area contributed by atoms with Crippen molar-refractivity contribution < 1.29 is 0 Å². The van der Waals surface area contributed by atoms with Gasteiger partial charge in [0.15, 0.2) is 0 Å². The molecule has 2 aromatic rings. The van der Waals surface area contributed by atoms with E-state index in [4.69, 9.17) is 0 Å². The molecule has 26 heavy (non-hydrogen) atoms. The number of hydrogen-bond donors (Lipinski definition) is 0. The predicted octanol–water partition coefficient (Wildman–Crippen LogP) is 5.98. The number of rotatable bonds is 3. The topological polar surface area (TPSA) is 6.48 Å². The van der Waals surface area contributed by atoms with Crippen molar-refractivity contribution in [1.82, 2.24) is 4.90 Å². The molecule has 0 aromatic heterocycles. The zero-order valence-electron chi connectivity index (χ0n) is 16.7. The molecule has 0 N–H and O–H groups in total. The van der Waals surface area contributed by atoms with Crippen molar-refractivity contribution in [2.45, 2.75) is 46.8 Å². The average Bonchev–Trinajstić information content (AvgIpc) is 3.02. The third kappa shape index (κ3) is 3.16. The average molecular weight is 364 g/mol. The third-order valence-corrected chi connectivity index (χ3v) is 6.67. The van der Waals surface area contributed by atoms with Gasteiger partial charge in [-0.3, -0.25) is 0 Å². The van der Waals surface area contributed by atoms with Crippen molar-refractivity contribution in [2.75, 3.05) is 4.90 Å². The zero-order chi connectivity index (χ0) is 19.1. The van der Waals surface area contributed by atoms with Gasteiger partial charge in [-0.05, 0) is 42.9 Å². The van der Waals surface area contributed by atoms with Crippen LogP contribution < -0.4 is 4.90 Å². The van der Waals surface area contributed by atoms with Gasteiger partial charge < -0.3 is 9.80 Å². The van der Waals surface area contributed by atoms with E-state index in [-0.39, 0.29) is 10.7 Å². The summed E-state index contributed by atoms with van der Waals surface area (Å²) in [5, 5.41) is -0.286. The molecule has 1 heterocycles. The molecule has 1 aliphatic rings. The van der Waals surface area contributed by atoms with E-state index in [9.17, 15) is 0 Å². The Balaban J connectivity index is 1.98. The molecular weight excluding hydrogens is 335 g/mol. The van der Waals surface area contributed by atoms with Crippen molar-refractivity contribution in [2.24, 2.45) is 5.41 Å². The summed E-state index contributed by atoms with van der Waals surface area (Å²) in [7, 11) is 3.09. The second-order valence-corrected chi connectivity index (χ2v) is 9.10. The second-order valence-electron chi connectivity index (χ2n) is 8.27. The van der Waals surface area contributed by atoms with Crippen LogP contribution in [0.25, 0.3) is 0 Å². The number of hydrogen-bond acceptors (Lipinski definition) is 2. The molecule has 0 spiro atoms. The first-order valence-electron chi connectivity index (χ1n) is 9.10. The van der Waals surface area contributed by atoms with Crippen LogP contribution in [0.5, 0.6) is 0 Å². The quantitative estimate of drug-likeness (QED) is 0.619. The van der Waals surface area contributed by atoms with E-state index in [1.807, 2.05) is 0 Å². The van der Waals surface area contributed by atoms with E-state index in [1.165, 1.54) is 27.9 Å². The Bertz CT molecular complexity index is 797. The smallest absolute Gasteiger partial charge is 0.213 e. The SMILES string of the molecule is Cc1cc(C)c(N2[C]N([C@](P)(c3ccccc3)C(C)(C)C)C=C2)c(C)c1. The van der Waals surface area contributed by atoms with Crippen LogP contribution in [-0.2, 0) is 5.28 Å². The number of nitrogens with zero attached hydrogens (tertiary/aromatic N) is 2. The lowest BCUT2D eigenvalue weighted by Gasteiger charge is -2.48. The maximum atomic E-state index is 3.59. The van der Waals surface area contributed by atoms with Gasteiger partial charge >= 0.3 is 0 Å². The highest BCUT2D eigenvalue weighted by molar-refractivity contribution is 7.18. The van der Waals surface area contributed by atoms with Crippen molar-refractivity contribution in [1.29, 1.82) is 0 Å². The van der Waals surface area contributed by atoms with Crippen LogP contribution in [0.3, 0.4) is 0 Å². The summed E-state index contributed by atoms with van der Waals surface area (Å²) >= 11 is 0. The molecule has 2 radical (unpaired) electrons. The van der Waals surface area contributed by atoms with Gasteiger partial charge in [0.05, 0.1) is 5.28 Å². The minimum Gasteiger partial charge on any atom is -0.332 e. The van der Waals surface area contributed by atoms with Crippen LogP contribution in [0.1, 0.15) is 43.0 Å². The largest absolute Gasteiger partial charge is 0.332 e. The van der Waals surface area contributed by atoms with E-state index < -0.39 is 0 Å². The number of benzene rings is 2. The maximum Gasteiger partial charge on any atom is 0.213 e.